The Bertz CT molecular complexity index is 683. The minimum absolute atomic E-state index is 0.0210. The molecule has 6 nitrogen and oxygen atoms in total. The summed E-state index contributed by atoms with van der Waals surface area (Å²) in [6, 6.07) is 10.1. The summed E-state index contributed by atoms with van der Waals surface area (Å²) in [5.74, 6) is 1.72. The van der Waals surface area contributed by atoms with Gasteiger partial charge in [0.15, 0.2) is 5.82 Å². The summed E-state index contributed by atoms with van der Waals surface area (Å²) >= 11 is 0. The van der Waals surface area contributed by atoms with Gasteiger partial charge in [-0.15, -0.1) is 0 Å². The number of aromatic nitrogens is 2. The molecule has 0 unspecified atom stereocenters. The average Bonchev–Trinajstić information content (AvgIpc) is 3.20. The van der Waals surface area contributed by atoms with Crippen LogP contribution in [0.2, 0.25) is 0 Å². The van der Waals surface area contributed by atoms with Crippen LogP contribution in [0, 0.1) is 0 Å². The Balaban J connectivity index is 1.56. The average molecular weight is 328 g/mol. The van der Waals surface area contributed by atoms with Gasteiger partial charge in [0.25, 0.3) is 0 Å². The fourth-order valence-electron chi connectivity index (χ4n) is 3.06. The lowest BCUT2D eigenvalue weighted by Gasteiger charge is -2.16. The molecule has 1 saturated heterocycles. The maximum Gasteiger partial charge on any atom is 0.227 e. The quantitative estimate of drug-likeness (QED) is 0.908. The standard InChI is InChI=1S/C18H24N4O2/c1-12(2)18-20-16(24-21-18)8-9-17(23)22-10-14(15(19)11-22)13-6-4-3-5-7-13/h3-7,12,14-15H,8-11,19H2,1-2H3/t14-,15+/m0/s1. The van der Waals surface area contributed by atoms with E-state index in [4.69, 9.17) is 10.3 Å². The summed E-state index contributed by atoms with van der Waals surface area (Å²) < 4.78 is 5.19. The Morgan fingerprint density at radius 2 is 2.08 bits per heavy atom. The molecule has 1 amide bonds. The molecule has 0 bridgehead atoms. The van der Waals surface area contributed by atoms with E-state index in [0.29, 0.717) is 37.6 Å². The van der Waals surface area contributed by atoms with Crippen molar-refractivity contribution in [2.45, 2.75) is 44.6 Å². The lowest BCUT2D eigenvalue weighted by Crippen LogP contribution is -2.32. The first-order valence-corrected chi connectivity index (χ1v) is 8.45. The van der Waals surface area contributed by atoms with Crippen LogP contribution in [0.15, 0.2) is 34.9 Å². The van der Waals surface area contributed by atoms with Crippen LogP contribution in [0.1, 0.15) is 49.4 Å². The third kappa shape index (κ3) is 3.64. The van der Waals surface area contributed by atoms with Crippen molar-refractivity contribution in [2.75, 3.05) is 13.1 Å². The topological polar surface area (TPSA) is 85.2 Å². The van der Waals surface area contributed by atoms with Gasteiger partial charge in [-0.1, -0.05) is 49.3 Å². The van der Waals surface area contributed by atoms with Crippen LogP contribution < -0.4 is 5.73 Å². The smallest absolute Gasteiger partial charge is 0.227 e. The van der Waals surface area contributed by atoms with E-state index in [1.54, 1.807) is 0 Å². The Morgan fingerprint density at radius 3 is 2.75 bits per heavy atom. The molecule has 2 heterocycles. The summed E-state index contributed by atoms with van der Waals surface area (Å²) in [4.78, 5) is 18.6. The first-order chi connectivity index (χ1) is 11.5. The molecular weight excluding hydrogens is 304 g/mol. The Hall–Kier alpha value is -2.21. The normalized spacial score (nSPS) is 20.8. The van der Waals surface area contributed by atoms with Gasteiger partial charge in [-0.05, 0) is 5.56 Å². The molecule has 6 heteroatoms. The van der Waals surface area contributed by atoms with Crippen LogP contribution in [0.3, 0.4) is 0 Å². The van der Waals surface area contributed by atoms with Crippen LogP contribution in [0.25, 0.3) is 0 Å². The molecule has 24 heavy (non-hydrogen) atoms. The first kappa shape index (κ1) is 16.6. The van der Waals surface area contributed by atoms with Crippen molar-refractivity contribution in [2.24, 2.45) is 5.73 Å². The number of hydrogen-bond acceptors (Lipinski definition) is 5. The Labute approximate surface area is 142 Å². The van der Waals surface area contributed by atoms with Crippen LogP contribution in [-0.4, -0.2) is 40.1 Å². The van der Waals surface area contributed by atoms with E-state index in [9.17, 15) is 4.79 Å². The lowest BCUT2D eigenvalue weighted by molar-refractivity contribution is -0.130. The number of hydrogen-bond donors (Lipinski definition) is 1. The SMILES string of the molecule is CC(C)c1noc(CCC(=O)N2C[C@@H](N)[C@H](c3ccccc3)C2)n1. The van der Waals surface area contributed by atoms with E-state index >= 15 is 0 Å². The second kappa shape index (κ2) is 7.13. The number of aryl methyl sites for hydroxylation is 1. The molecule has 0 spiro atoms. The third-order valence-electron chi connectivity index (χ3n) is 4.50. The van der Waals surface area contributed by atoms with Gasteiger partial charge in [-0.25, -0.2) is 0 Å². The maximum atomic E-state index is 12.5. The number of rotatable bonds is 5. The zero-order valence-electron chi connectivity index (χ0n) is 14.2. The zero-order chi connectivity index (χ0) is 17.1. The first-order valence-electron chi connectivity index (χ1n) is 8.45. The number of amides is 1. The summed E-state index contributed by atoms with van der Waals surface area (Å²) in [6.07, 6.45) is 0.842. The van der Waals surface area contributed by atoms with Crippen molar-refractivity contribution in [3.63, 3.8) is 0 Å². The van der Waals surface area contributed by atoms with Gasteiger partial charge >= 0.3 is 0 Å². The molecule has 3 rings (SSSR count). The Morgan fingerprint density at radius 1 is 1.33 bits per heavy atom. The molecule has 128 valence electrons. The van der Waals surface area contributed by atoms with E-state index in [-0.39, 0.29) is 23.8 Å². The van der Waals surface area contributed by atoms with Gasteiger partial charge in [0.1, 0.15) is 0 Å². The predicted molar refractivity (Wildman–Crippen MR) is 90.4 cm³/mol. The number of carbonyl (C=O) groups excluding carboxylic acids is 1. The molecule has 1 aromatic carbocycles. The molecule has 1 aromatic heterocycles. The molecule has 0 aliphatic carbocycles. The van der Waals surface area contributed by atoms with Gasteiger partial charge in [0.05, 0.1) is 0 Å². The van der Waals surface area contributed by atoms with Crippen molar-refractivity contribution in [1.29, 1.82) is 0 Å². The van der Waals surface area contributed by atoms with Crippen molar-refractivity contribution < 1.29 is 9.32 Å². The van der Waals surface area contributed by atoms with Crippen LogP contribution >= 0.6 is 0 Å². The summed E-state index contributed by atoms with van der Waals surface area (Å²) in [6.45, 7) is 5.29. The molecule has 2 aromatic rings. The van der Waals surface area contributed by atoms with Crippen LogP contribution in [-0.2, 0) is 11.2 Å². The highest BCUT2D eigenvalue weighted by Crippen LogP contribution is 2.26. The second-order valence-corrected chi connectivity index (χ2v) is 6.68. The monoisotopic (exact) mass is 328 g/mol. The molecule has 1 aliphatic rings. The molecule has 0 radical (unpaired) electrons. The second-order valence-electron chi connectivity index (χ2n) is 6.68. The number of nitrogens with zero attached hydrogens (tertiary/aromatic N) is 3. The lowest BCUT2D eigenvalue weighted by atomic mass is 9.95. The van der Waals surface area contributed by atoms with Gasteiger partial charge in [0, 0.05) is 43.8 Å². The van der Waals surface area contributed by atoms with E-state index in [0.717, 1.165) is 0 Å². The predicted octanol–water partition coefficient (Wildman–Crippen LogP) is 2.08. The van der Waals surface area contributed by atoms with Gasteiger partial charge in [-0.2, -0.15) is 4.98 Å². The highest BCUT2D eigenvalue weighted by atomic mass is 16.5. The fourth-order valence-corrected chi connectivity index (χ4v) is 3.06. The van der Waals surface area contributed by atoms with Crippen molar-refractivity contribution in [1.82, 2.24) is 15.0 Å². The van der Waals surface area contributed by atoms with Gasteiger partial charge < -0.3 is 15.2 Å². The zero-order valence-corrected chi connectivity index (χ0v) is 14.2. The largest absolute Gasteiger partial charge is 0.340 e. The number of carbonyl (C=O) groups is 1. The molecule has 1 aliphatic heterocycles. The maximum absolute atomic E-state index is 12.5. The minimum Gasteiger partial charge on any atom is -0.340 e. The van der Waals surface area contributed by atoms with E-state index in [1.807, 2.05) is 36.9 Å². The highest BCUT2D eigenvalue weighted by Gasteiger charge is 2.33. The molecule has 2 N–H and O–H groups in total. The highest BCUT2D eigenvalue weighted by molar-refractivity contribution is 5.77. The molecule has 1 fully saturated rings. The molecule has 2 atom stereocenters. The van der Waals surface area contributed by atoms with E-state index in [2.05, 4.69) is 22.3 Å². The van der Waals surface area contributed by atoms with Gasteiger partial charge in [0.2, 0.25) is 11.8 Å². The summed E-state index contributed by atoms with van der Waals surface area (Å²) in [7, 11) is 0. The van der Waals surface area contributed by atoms with E-state index < -0.39 is 0 Å². The van der Waals surface area contributed by atoms with Crippen molar-refractivity contribution in [3.8, 4) is 0 Å². The fraction of sp³-hybridized carbons (Fsp3) is 0.500. The summed E-state index contributed by atoms with van der Waals surface area (Å²) in [5, 5.41) is 3.92. The minimum atomic E-state index is -0.0210. The van der Waals surface area contributed by atoms with Gasteiger partial charge in [-0.3, -0.25) is 4.79 Å². The van der Waals surface area contributed by atoms with Crippen LogP contribution in [0.4, 0.5) is 0 Å². The van der Waals surface area contributed by atoms with Crippen LogP contribution in [0.5, 0.6) is 0 Å². The third-order valence-corrected chi connectivity index (χ3v) is 4.50. The van der Waals surface area contributed by atoms with Crippen molar-refractivity contribution >= 4 is 5.91 Å². The molecule has 0 saturated carbocycles. The molecular formula is C18H24N4O2. The number of likely N-dealkylation sites (tertiary alicyclic amines) is 1. The number of benzene rings is 1. The van der Waals surface area contributed by atoms with E-state index in [1.165, 1.54) is 5.56 Å². The number of nitrogens with two attached hydrogens (primary N) is 1. The summed E-state index contributed by atoms with van der Waals surface area (Å²) in [5.41, 5.74) is 7.44. The Kier molecular flexibility index (Phi) is 4.94. The van der Waals surface area contributed by atoms with Crippen molar-refractivity contribution in [3.05, 3.63) is 47.6 Å².